The Hall–Kier alpha value is -4.01. The van der Waals surface area contributed by atoms with Gasteiger partial charge in [0.25, 0.3) is 12.3 Å². The third kappa shape index (κ3) is 6.75. The summed E-state index contributed by atoms with van der Waals surface area (Å²) < 4.78 is 50.8. The van der Waals surface area contributed by atoms with E-state index in [9.17, 15) is 27.9 Å². The number of benzene rings is 3. The lowest BCUT2D eigenvalue weighted by Gasteiger charge is -2.23. The smallest absolute Gasteiger partial charge is 0.347 e. The van der Waals surface area contributed by atoms with Gasteiger partial charge in [0.2, 0.25) is 0 Å². The molecule has 3 rings (SSSR count). The standard InChI is InChI=1S/C26H24F3NO5/c1-15-10-20(8-9-22(15)35-26(2,3)25(32)33)34-21-12-16(11-19(27)13-21)14-30-24(31)18-6-4-17(5-7-18)23(28)29/h4-13,23H,14H2,1-3H3,(H,30,31)(H,32,33). The molecular formula is C26H24F3NO5. The quantitative estimate of drug-likeness (QED) is 0.385. The Morgan fingerprint density at radius 3 is 2.29 bits per heavy atom. The normalized spacial score (nSPS) is 11.3. The molecule has 0 heterocycles. The van der Waals surface area contributed by atoms with Crippen molar-refractivity contribution in [3.63, 3.8) is 0 Å². The first-order valence-electron chi connectivity index (χ1n) is 10.6. The number of rotatable bonds is 9. The SMILES string of the molecule is Cc1cc(Oc2cc(F)cc(CNC(=O)c3ccc(C(F)F)cc3)c2)ccc1OC(C)(C)C(=O)O. The fourth-order valence-corrected chi connectivity index (χ4v) is 3.10. The summed E-state index contributed by atoms with van der Waals surface area (Å²) in [4.78, 5) is 23.6. The van der Waals surface area contributed by atoms with Crippen LogP contribution in [0.4, 0.5) is 13.2 Å². The van der Waals surface area contributed by atoms with E-state index in [1.165, 1.54) is 50.2 Å². The van der Waals surface area contributed by atoms with Gasteiger partial charge in [0.1, 0.15) is 23.1 Å². The van der Waals surface area contributed by atoms with Gasteiger partial charge in [-0.1, -0.05) is 12.1 Å². The highest BCUT2D eigenvalue weighted by Gasteiger charge is 2.30. The number of carboxylic acids is 1. The average Bonchev–Trinajstić information content (AvgIpc) is 2.79. The zero-order valence-corrected chi connectivity index (χ0v) is 19.3. The number of ether oxygens (including phenoxy) is 2. The largest absolute Gasteiger partial charge is 0.478 e. The van der Waals surface area contributed by atoms with Gasteiger partial charge in [0.05, 0.1) is 0 Å². The highest BCUT2D eigenvalue weighted by molar-refractivity contribution is 5.94. The number of carboxylic acid groups (broad SMARTS) is 1. The molecule has 0 radical (unpaired) electrons. The van der Waals surface area contributed by atoms with E-state index >= 15 is 0 Å². The van der Waals surface area contributed by atoms with Crippen LogP contribution >= 0.6 is 0 Å². The number of alkyl halides is 2. The van der Waals surface area contributed by atoms with Gasteiger partial charge >= 0.3 is 5.97 Å². The lowest BCUT2D eigenvalue weighted by molar-refractivity contribution is -0.152. The van der Waals surface area contributed by atoms with Crippen molar-refractivity contribution in [2.75, 3.05) is 0 Å². The first-order chi connectivity index (χ1) is 16.4. The maximum atomic E-state index is 14.2. The Kier molecular flexibility index (Phi) is 7.68. The third-order valence-electron chi connectivity index (χ3n) is 5.07. The number of nitrogens with one attached hydrogen (secondary N) is 1. The fourth-order valence-electron chi connectivity index (χ4n) is 3.10. The molecule has 0 spiro atoms. The number of aliphatic carboxylic acids is 1. The van der Waals surface area contributed by atoms with Gasteiger partial charge in [-0.15, -0.1) is 0 Å². The van der Waals surface area contributed by atoms with Crippen LogP contribution in [0.1, 0.15) is 47.3 Å². The van der Waals surface area contributed by atoms with E-state index in [1.807, 2.05) is 0 Å². The summed E-state index contributed by atoms with van der Waals surface area (Å²) in [6.45, 7) is 4.58. The van der Waals surface area contributed by atoms with E-state index in [1.54, 1.807) is 31.2 Å². The maximum Gasteiger partial charge on any atom is 0.347 e. The summed E-state index contributed by atoms with van der Waals surface area (Å²) in [5, 5.41) is 11.8. The number of aryl methyl sites for hydroxylation is 1. The van der Waals surface area contributed by atoms with Gasteiger partial charge in [-0.3, -0.25) is 4.79 Å². The zero-order chi connectivity index (χ0) is 25.8. The van der Waals surface area contributed by atoms with Crippen LogP contribution in [0.5, 0.6) is 17.2 Å². The predicted octanol–water partition coefficient (Wildman–Crippen LogP) is 6.04. The fraction of sp³-hybridized carbons (Fsp3) is 0.231. The van der Waals surface area contributed by atoms with E-state index in [0.717, 1.165) is 0 Å². The second-order valence-electron chi connectivity index (χ2n) is 8.35. The summed E-state index contributed by atoms with van der Waals surface area (Å²) >= 11 is 0. The van der Waals surface area contributed by atoms with E-state index in [4.69, 9.17) is 9.47 Å². The van der Waals surface area contributed by atoms with Gasteiger partial charge in [0.15, 0.2) is 5.60 Å². The van der Waals surface area contributed by atoms with Crippen LogP contribution in [0, 0.1) is 12.7 Å². The molecule has 6 nitrogen and oxygen atoms in total. The van der Waals surface area contributed by atoms with Crippen LogP contribution in [-0.2, 0) is 11.3 Å². The Labute approximate surface area is 200 Å². The van der Waals surface area contributed by atoms with Crippen LogP contribution in [0.2, 0.25) is 0 Å². The first kappa shape index (κ1) is 25.6. The summed E-state index contributed by atoms with van der Waals surface area (Å²) in [6.07, 6.45) is -2.62. The molecule has 0 bridgehead atoms. The number of carbonyl (C=O) groups excluding carboxylic acids is 1. The topological polar surface area (TPSA) is 84.9 Å². The molecule has 0 atom stereocenters. The molecule has 35 heavy (non-hydrogen) atoms. The predicted molar refractivity (Wildman–Crippen MR) is 123 cm³/mol. The van der Waals surface area contributed by atoms with Crippen molar-refractivity contribution in [2.45, 2.75) is 39.3 Å². The van der Waals surface area contributed by atoms with Crippen LogP contribution < -0.4 is 14.8 Å². The highest BCUT2D eigenvalue weighted by Crippen LogP contribution is 2.30. The second kappa shape index (κ2) is 10.5. The van der Waals surface area contributed by atoms with E-state index < -0.39 is 29.7 Å². The van der Waals surface area contributed by atoms with E-state index in [-0.39, 0.29) is 23.4 Å². The summed E-state index contributed by atoms with van der Waals surface area (Å²) in [6, 6.07) is 13.7. The molecule has 0 aliphatic rings. The molecule has 0 aliphatic carbocycles. The number of hydrogen-bond donors (Lipinski definition) is 2. The molecule has 0 aliphatic heterocycles. The Balaban J connectivity index is 1.67. The molecule has 3 aromatic carbocycles. The van der Waals surface area contributed by atoms with E-state index in [0.29, 0.717) is 22.6 Å². The van der Waals surface area contributed by atoms with Gasteiger partial charge in [-0.25, -0.2) is 18.0 Å². The molecule has 9 heteroatoms. The molecule has 0 unspecified atom stereocenters. The van der Waals surface area contributed by atoms with Crippen LogP contribution in [0.3, 0.4) is 0 Å². The maximum absolute atomic E-state index is 14.2. The van der Waals surface area contributed by atoms with Gasteiger partial charge in [0, 0.05) is 23.7 Å². The minimum Gasteiger partial charge on any atom is -0.478 e. The van der Waals surface area contributed by atoms with Crippen molar-refractivity contribution >= 4 is 11.9 Å². The first-order valence-corrected chi connectivity index (χ1v) is 10.6. The van der Waals surface area contributed by atoms with Crippen molar-refractivity contribution in [3.05, 3.63) is 88.7 Å². The number of carbonyl (C=O) groups is 2. The van der Waals surface area contributed by atoms with Crippen LogP contribution in [0.15, 0.2) is 60.7 Å². The lowest BCUT2D eigenvalue weighted by Crippen LogP contribution is -2.38. The minimum atomic E-state index is -2.62. The third-order valence-corrected chi connectivity index (χ3v) is 5.07. The van der Waals surface area contributed by atoms with Crippen molar-refractivity contribution < 1.29 is 37.3 Å². The van der Waals surface area contributed by atoms with Gasteiger partial charge in [-0.05, 0) is 74.4 Å². The lowest BCUT2D eigenvalue weighted by atomic mass is 10.1. The van der Waals surface area contributed by atoms with Crippen LogP contribution in [0.25, 0.3) is 0 Å². The van der Waals surface area contributed by atoms with Crippen molar-refractivity contribution in [1.82, 2.24) is 5.32 Å². The van der Waals surface area contributed by atoms with Crippen molar-refractivity contribution in [2.24, 2.45) is 0 Å². The summed E-state index contributed by atoms with van der Waals surface area (Å²) in [5.41, 5.74) is -0.351. The molecule has 2 N–H and O–H groups in total. The van der Waals surface area contributed by atoms with Crippen molar-refractivity contribution in [3.8, 4) is 17.2 Å². The van der Waals surface area contributed by atoms with Gasteiger partial charge in [-0.2, -0.15) is 0 Å². The Morgan fingerprint density at radius 1 is 1.00 bits per heavy atom. The Morgan fingerprint density at radius 2 is 1.69 bits per heavy atom. The van der Waals surface area contributed by atoms with E-state index in [2.05, 4.69) is 5.32 Å². The Bertz CT molecular complexity index is 1230. The van der Waals surface area contributed by atoms with Gasteiger partial charge < -0.3 is 19.9 Å². The van der Waals surface area contributed by atoms with Crippen molar-refractivity contribution in [1.29, 1.82) is 0 Å². The van der Waals surface area contributed by atoms with Crippen LogP contribution in [-0.4, -0.2) is 22.6 Å². The average molecular weight is 487 g/mol. The molecule has 0 saturated carbocycles. The number of amides is 1. The highest BCUT2D eigenvalue weighted by atomic mass is 19.3. The molecule has 184 valence electrons. The second-order valence-corrected chi connectivity index (χ2v) is 8.35. The summed E-state index contributed by atoms with van der Waals surface area (Å²) in [5.74, 6) is -1.24. The number of hydrogen-bond acceptors (Lipinski definition) is 4. The minimum absolute atomic E-state index is 0.0143. The molecule has 0 aromatic heterocycles. The summed E-state index contributed by atoms with van der Waals surface area (Å²) in [7, 11) is 0. The molecular weight excluding hydrogens is 463 g/mol. The molecule has 3 aromatic rings. The molecule has 0 fully saturated rings. The monoisotopic (exact) mass is 487 g/mol. The molecule has 1 amide bonds. The molecule has 0 saturated heterocycles. The number of halogens is 3. The zero-order valence-electron chi connectivity index (χ0n) is 19.3.